The van der Waals surface area contributed by atoms with Crippen LogP contribution in [0.1, 0.15) is 12.6 Å². The Balaban J connectivity index is 2.74. The Kier molecular flexibility index (Phi) is 2.16. The Morgan fingerprint density at radius 2 is 2.56 bits per heavy atom. The van der Waals surface area contributed by atoms with Crippen molar-refractivity contribution in [2.75, 3.05) is 6.26 Å². The number of aromatic nitrogens is 2. The van der Waals surface area contributed by atoms with Gasteiger partial charge < -0.3 is 0 Å². The topological polar surface area (TPSA) is 28.7 Å². The lowest BCUT2D eigenvalue weighted by Crippen LogP contribution is -1.76. The number of H-pyrrole nitrogens is 1. The highest BCUT2D eigenvalue weighted by atomic mass is 32.2. The molecule has 1 rings (SSSR count). The molecule has 1 N–H and O–H groups in total. The van der Waals surface area contributed by atoms with Crippen molar-refractivity contribution in [1.82, 2.24) is 10.2 Å². The first-order chi connectivity index (χ1) is 4.36. The highest BCUT2D eigenvalue weighted by molar-refractivity contribution is 7.98. The van der Waals surface area contributed by atoms with Crippen LogP contribution >= 0.6 is 11.8 Å². The van der Waals surface area contributed by atoms with E-state index in [4.69, 9.17) is 0 Å². The van der Waals surface area contributed by atoms with Crippen LogP contribution in [-0.4, -0.2) is 16.5 Å². The molecule has 1 aromatic rings. The molecular formula is C6H10N2S. The van der Waals surface area contributed by atoms with Crippen LogP contribution in [0.2, 0.25) is 0 Å². The number of thioether (sulfide) groups is 1. The highest BCUT2D eigenvalue weighted by Crippen LogP contribution is 2.11. The minimum absolute atomic E-state index is 1.04. The van der Waals surface area contributed by atoms with Gasteiger partial charge in [0.2, 0.25) is 0 Å². The maximum absolute atomic E-state index is 4.04. The minimum Gasteiger partial charge on any atom is -0.281 e. The average molecular weight is 142 g/mol. The number of aromatic amines is 1. The van der Waals surface area contributed by atoms with E-state index in [0.717, 1.165) is 11.4 Å². The monoisotopic (exact) mass is 142 g/mol. The lowest BCUT2D eigenvalue weighted by molar-refractivity contribution is 0.944. The zero-order valence-corrected chi connectivity index (χ0v) is 6.46. The molecule has 0 radical (unpaired) electrons. The molecule has 0 aliphatic carbocycles. The van der Waals surface area contributed by atoms with Crippen molar-refractivity contribution in [2.45, 2.75) is 18.4 Å². The SMILES string of the molecule is CCc1cc(SC)n[nH]1. The summed E-state index contributed by atoms with van der Waals surface area (Å²) in [6, 6.07) is 2.07. The van der Waals surface area contributed by atoms with Crippen LogP contribution in [0.5, 0.6) is 0 Å². The molecule has 0 saturated heterocycles. The first-order valence-corrected chi connectivity index (χ1v) is 4.17. The number of nitrogens with one attached hydrogen (secondary N) is 1. The summed E-state index contributed by atoms with van der Waals surface area (Å²) in [6.07, 6.45) is 3.06. The quantitative estimate of drug-likeness (QED) is 0.637. The van der Waals surface area contributed by atoms with E-state index in [1.54, 1.807) is 11.8 Å². The van der Waals surface area contributed by atoms with Crippen molar-refractivity contribution in [1.29, 1.82) is 0 Å². The van der Waals surface area contributed by atoms with E-state index in [-0.39, 0.29) is 0 Å². The maximum Gasteiger partial charge on any atom is 0.118 e. The predicted molar refractivity (Wildman–Crippen MR) is 39.7 cm³/mol. The van der Waals surface area contributed by atoms with E-state index in [1.165, 1.54) is 5.69 Å². The smallest absolute Gasteiger partial charge is 0.118 e. The van der Waals surface area contributed by atoms with Gasteiger partial charge in [0, 0.05) is 5.69 Å². The Morgan fingerprint density at radius 1 is 1.78 bits per heavy atom. The molecule has 1 heterocycles. The zero-order valence-electron chi connectivity index (χ0n) is 5.64. The Bertz CT molecular complexity index is 164. The van der Waals surface area contributed by atoms with E-state index >= 15 is 0 Å². The molecule has 3 heteroatoms. The molecule has 0 saturated carbocycles. The molecule has 0 amide bonds. The van der Waals surface area contributed by atoms with Crippen molar-refractivity contribution in [2.24, 2.45) is 0 Å². The van der Waals surface area contributed by atoms with Gasteiger partial charge in [0.25, 0.3) is 0 Å². The fourth-order valence-electron chi connectivity index (χ4n) is 0.626. The van der Waals surface area contributed by atoms with Crippen LogP contribution in [0.4, 0.5) is 0 Å². The summed E-state index contributed by atoms with van der Waals surface area (Å²) >= 11 is 1.66. The Morgan fingerprint density at radius 3 is 2.89 bits per heavy atom. The number of hydrogen-bond acceptors (Lipinski definition) is 2. The number of rotatable bonds is 2. The van der Waals surface area contributed by atoms with Crippen molar-refractivity contribution >= 4 is 11.8 Å². The summed E-state index contributed by atoms with van der Waals surface area (Å²) in [5.41, 5.74) is 1.21. The molecule has 1 aromatic heterocycles. The third-order valence-corrected chi connectivity index (χ3v) is 1.82. The average Bonchev–Trinajstić information content (AvgIpc) is 2.34. The summed E-state index contributed by atoms with van der Waals surface area (Å²) in [7, 11) is 0. The molecule has 9 heavy (non-hydrogen) atoms. The third-order valence-electron chi connectivity index (χ3n) is 1.20. The van der Waals surface area contributed by atoms with E-state index in [2.05, 4.69) is 23.2 Å². The molecule has 0 fully saturated rings. The predicted octanol–water partition coefficient (Wildman–Crippen LogP) is 1.69. The molecule has 0 spiro atoms. The fraction of sp³-hybridized carbons (Fsp3) is 0.500. The van der Waals surface area contributed by atoms with Crippen LogP contribution in [0.3, 0.4) is 0 Å². The first-order valence-electron chi connectivity index (χ1n) is 2.95. The molecule has 0 unspecified atom stereocenters. The largest absolute Gasteiger partial charge is 0.281 e. The second kappa shape index (κ2) is 2.92. The highest BCUT2D eigenvalue weighted by Gasteiger charge is 1.94. The van der Waals surface area contributed by atoms with E-state index in [1.807, 2.05) is 6.26 Å². The number of aryl methyl sites for hydroxylation is 1. The second-order valence-corrected chi connectivity index (χ2v) is 2.62. The van der Waals surface area contributed by atoms with Crippen molar-refractivity contribution in [3.8, 4) is 0 Å². The van der Waals surface area contributed by atoms with Gasteiger partial charge in [-0.2, -0.15) is 5.10 Å². The summed E-state index contributed by atoms with van der Waals surface area (Å²) in [4.78, 5) is 0. The van der Waals surface area contributed by atoms with Crippen LogP contribution in [0, 0.1) is 0 Å². The van der Waals surface area contributed by atoms with Crippen molar-refractivity contribution < 1.29 is 0 Å². The summed E-state index contributed by atoms with van der Waals surface area (Å²) in [6.45, 7) is 2.11. The van der Waals surface area contributed by atoms with Gasteiger partial charge in [-0.25, -0.2) is 0 Å². The molecule has 0 bridgehead atoms. The Hall–Kier alpha value is -0.440. The van der Waals surface area contributed by atoms with E-state index in [0.29, 0.717) is 0 Å². The molecule has 0 aliphatic heterocycles. The molecular weight excluding hydrogens is 132 g/mol. The third kappa shape index (κ3) is 1.48. The lowest BCUT2D eigenvalue weighted by Gasteiger charge is -1.80. The van der Waals surface area contributed by atoms with Crippen molar-refractivity contribution in [3.63, 3.8) is 0 Å². The van der Waals surface area contributed by atoms with Crippen LogP contribution in [0.15, 0.2) is 11.1 Å². The van der Waals surface area contributed by atoms with Gasteiger partial charge in [-0.1, -0.05) is 6.92 Å². The standard InChI is InChI=1S/C6H10N2S/c1-3-5-4-6(9-2)8-7-5/h4H,3H2,1-2H3,(H,7,8). The normalized spacial score (nSPS) is 10.0. The van der Waals surface area contributed by atoms with E-state index < -0.39 is 0 Å². The van der Waals surface area contributed by atoms with Gasteiger partial charge in [0.1, 0.15) is 5.03 Å². The van der Waals surface area contributed by atoms with Gasteiger partial charge in [-0.05, 0) is 18.7 Å². The molecule has 2 nitrogen and oxygen atoms in total. The second-order valence-electron chi connectivity index (χ2n) is 1.79. The maximum atomic E-state index is 4.04. The zero-order chi connectivity index (χ0) is 6.69. The van der Waals surface area contributed by atoms with Gasteiger partial charge in [0.05, 0.1) is 0 Å². The molecule has 0 atom stereocenters. The lowest BCUT2D eigenvalue weighted by atomic mass is 10.3. The van der Waals surface area contributed by atoms with Crippen molar-refractivity contribution in [3.05, 3.63) is 11.8 Å². The van der Waals surface area contributed by atoms with Gasteiger partial charge in [0.15, 0.2) is 0 Å². The fourth-order valence-corrected chi connectivity index (χ4v) is 1.02. The summed E-state index contributed by atoms with van der Waals surface area (Å²) in [5.74, 6) is 0. The molecule has 50 valence electrons. The van der Waals surface area contributed by atoms with Gasteiger partial charge in [-0.3, -0.25) is 5.10 Å². The first kappa shape index (κ1) is 6.68. The van der Waals surface area contributed by atoms with Crippen LogP contribution in [0.25, 0.3) is 0 Å². The molecule has 0 aromatic carbocycles. The van der Waals surface area contributed by atoms with Crippen LogP contribution in [-0.2, 0) is 6.42 Å². The van der Waals surface area contributed by atoms with Gasteiger partial charge in [-0.15, -0.1) is 11.8 Å². The summed E-state index contributed by atoms with van der Waals surface area (Å²) < 4.78 is 0. The number of hydrogen-bond donors (Lipinski definition) is 1. The number of nitrogens with zero attached hydrogens (tertiary/aromatic N) is 1. The Labute approximate surface area is 59.0 Å². The van der Waals surface area contributed by atoms with Gasteiger partial charge >= 0.3 is 0 Å². The van der Waals surface area contributed by atoms with Crippen LogP contribution < -0.4 is 0 Å². The minimum atomic E-state index is 1.04. The summed E-state index contributed by atoms with van der Waals surface area (Å²) in [5, 5.41) is 8.05. The molecule has 0 aliphatic rings. The van der Waals surface area contributed by atoms with E-state index in [9.17, 15) is 0 Å².